The largest absolute Gasteiger partial charge is 0.378 e. The normalized spacial score (nSPS) is 23.6. The molecule has 9 heteroatoms. The maximum atomic E-state index is 12.8. The highest BCUT2D eigenvalue weighted by molar-refractivity contribution is 5.98. The van der Waals surface area contributed by atoms with Gasteiger partial charge in [-0.15, -0.1) is 0 Å². The van der Waals surface area contributed by atoms with Crippen molar-refractivity contribution in [1.29, 1.82) is 0 Å². The molecule has 3 fully saturated rings. The van der Waals surface area contributed by atoms with Crippen LogP contribution in [0.2, 0.25) is 0 Å². The van der Waals surface area contributed by atoms with Crippen molar-refractivity contribution in [2.45, 2.75) is 37.8 Å². The molecular weight excluding hydrogens is 388 g/mol. The van der Waals surface area contributed by atoms with Gasteiger partial charge in [-0.1, -0.05) is 6.07 Å². The molecule has 2 unspecified atom stereocenters. The predicted molar refractivity (Wildman–Crippen MR) is 105 cm³/mol. The van der Waals surface area contributed by atoms with Gasteiger partial charge in [0.2, 0.25) is 17.7 Å². The van der Waals surface area contributed by atoms with Gasteiger partial charge in [0.1, 0.15) is 6.04 Å². The minimum Gasteiger partial charge on any atom is -0.378 e. The second-order valence-electron chi connectivity index (χ2n) is 7.91. The van der Waals surface area contributed by atoms with Gasteiger partial charge in [-0.3, -0.25) is 24.2 Å². The van der Waals surface area contributed by atoms with Crippen molar-refractivity contribution >= 4 is 23.5 Å². The molecule has 9 nitrogen and oxygen atoms in total. The number of fused-ring (bicyclic) bond motifs is 1. The molecule has 1 aromatic heterocycles. The lowest BCUT2D eigenvalue weighted by Gasteiger charge is -2.27. The van der Waals surface area contributed by atoms with Crippen molar-refractivity contribution in [3.8, 4) is 0 Å². The number of nitrogens with zero attached hydrogens (tertiary/aromatic N) is 4. The van der Waals surface area contributed by atoms with E-state index in [4.69, 9.17) is 4.74 Å². The van der Waals surface area contributed by atoms with Crippen molar-refractivity contribution in [2.24, 2.45) is 0 Å². The Bertz CT molecular complexity index is 824. The third kappa shape index (κ3) is 4.21. The lowest BCUT2D eigenvalue weighted by Crippen LogP contribution is -2.44. The first-order chi connectivity index (χ1) is 14.5. The van der Waals surface area contributed by atoms with Crippen LogP contribution < -0.4 is 0 Å². The van der Waals surface area contributed by atoms with Crippen molar-refractivity contribution in [3.63, 3.8) is 0 Å². The summed E-state index contributed by atoms with van der Waals surface area (Å²) in [4.78, 5) is 59.3. The summed E-state index contributed by atoms with van der Waals surface area (Å²) >= 11 is 0. The maximum absolute atomic E-state index is 12.8. The number of likely N-dealkylation sites (tertiary alicyclic amines) is 2. The molecule has 4 rings (SSSR count). The van der Waals surface area contributed by atoms with Crippen LogP contribution in [-0.4, -0.2) is 94.7 Å². The summed E-state index contributed by atoms with van der Waals surface area (Å²) < 4.78 is 5.24. The summed E-state index contributed by atoms with van der Waals surface area (Å²) in [6.45, 7) is 2.61. The Kier molecular flexibility index (Phi) is 6.08. The number of amides is 3. The number of morpholine rings is 1. The van der Waals surface area contributed by atoms with E-state index in [2.05, 4.69) is 4.98 Å². The average Bonchev–Trinajstić information content (AvgIpc) is 3.34. The zero-order valence-corrected chi connectivity index (χ0v) is 16.9. The number of pyridine rings is 1. The SMILES string of the molecule is O=C1CN(C(=O)Cc2cccnc2)C2CCN(C(=O)CCC(=O)N3CCOCC3)C12. The third-order valence-corrected chi connectivity index (χ3v) is 6.06. The van der Waals surface area contributed by atoms with E-state index in [0.717, 1.165) is 5.56 Å². The summed E-state index contributed by atoms with van der Waals surface area (Å²) in [5, 5.41) is 0. The number of carbonyl (C=O) groups is 4. The van der Waals surface area contributed by atoms with Gasteiger partial charge in [0.05, 0.1) is 32.2 Å². The van der Waals surface area contributed by atoms with Gasteiger partial charge in [-0.2, -0.15) is 0 Å². The Morgan fingerprint density at radius 3 is 2.53 bits per heavy atom. The van der Waals surface area contributed by atoms with Crippen LogP contribution in [0.25, 0.3) is 0 Å². The molecule has 0 spiro atoms. The lowest BCUT2D eigenvalue weighted by atomic mass is 10.1. The van der Waals surface area contributed by atoms with Gasteiger partial charge in [-0.05, 0) is 18.1 Å². The van der Waals surface area contributed by atoms with Crippen molar-refractivity contribution in [2.75, 3.05) is 39.4 Å². The molecule has 3 aliphatic heterocycles. The first-order valence-electron chi connectivity index (χ1n) is 10.4. The molecule has 0 aliphatic carbocycles. The predicted octanol–water partition coefficient (Wildman–Crippen LogP) is -0.356. The summed E-state index contributed by atoms with van der Waals surface area (Å²) in [5.74, 6) is -0.488. The molecule has 3 aliphatic rings. The van der Waals surface area contributed by atoms with E-state index in [1.54, 1.807) is 33.2 Å². The quantitative estimate of drug-likeness (QED) is 0.653. The fourth-order valence-electron chi connectivity index (χ4n) is 4.53. The monoisotopic (exact) mass is 414 g/mol. The lowest BCUT2D eigenvalue weighted by molar-refractivity contribution is -0.140. The van der Waals surface area contributed by atoms with Crippen LogP contribution in [0.4, 0.5) is 0 Å². The fraction of sp³-hybridized carbons (Fsp3) is 0.571. The van der Waals surface area contributed by atoms with Crippen LogP contribution in [-0.2, 0) is 30.3 Å². The number of aromatic nitrogens is 1. The molecule has 0 saturated carbocycles. The molecule has 160 valence electrons. The maximum Gasteiger partial charge on any atom is 0.227 e. The van der Waals surface area contributed by atoms with Crippen molar-refractivity contribution < 1.29 is 23.9 Å². The number of ether oxygens (including phenoxy) is 1. The molecule has 30 heavy (non-hydrogen) atoms. The number of ketones is 1. The molecule has 1 aromatic rings. The van der Waals surface area contributed by atoms with E-state index in [-0.39, 0.29) is 55.4 Å². The van der Waals surface area contributed by atoms with Crippen molar-refractivity contribution in [1.82, 2.24) is 19.7 Å². The second-order valence-corrected chi connectivity index (χ2v) is 7.91. The molecule has 2 atom stereocenters. The van der Waals surface area contributed by atoms with Gasteiger partial charge >= 0.3 is 0 Å². The molecule has 4 heterocycles. The Hall–Kier alpha value is -2.81. The minimum atomic E-state index is -0.589. The van der Waals surface area contributed by atoms with Crippen LogP contribution in [0.15, 0.2) is 24.5 Å². The Morgan fingerprint density at radius 1 is 1.03 bits per heavy atom. The standard InChI is InChI=1S/C21H26N4O5/c26-17-14-25(20(29)12-15-2-1-6-22-13-15)16-5-7-24(21(16)17)19(28)4-3-18(27)23-8-10-30-11-9-23/h1-2,6,13,16,21H,3-5,7-12,14H2. The molecule has 0 radical (unpaired) electrons. The van der Waals surface area contributed by atoms with E-state index in [9.17, 15) is 19.2 Å². The first-order valence-corrected chi connectivity index (χ1v) is 10.4. The van der Waals surface area contributed by atoms with E-state index in [1.807, 2.05) is 6.07 Å². The van der Waals surface area contributed by atoms with E-state index in [1.165, 1.54) is 0 Å². The molecule has 0 aromatic carbocycles. The molecular formula is C21H26N4O5. The van der Waals surface area contributed by atoms with Crippen molar-refractivity contribution in [3.05, 3.63) is 30.1 Å². The Balaban J connectivity index is 1.33. The van der Waals surface area contributed by atoms with E-state index < -0.39 is 6.04 Å². The van der Waals surface area contributed by atoms with Gasteiger partial charge in [0.15, 0.2) is 5.78 Å². The van der Waals surface area contributed by atoms with E-state index >= 15 is 0 Å². The van der Waals surface area contributed by atoms with Crippen LogP contribution in [0, 0.1) is 0 Å². The highest BCUT2D eigenvalue weighted by Crippen LogP contribution is 2.30. The smallest absolute Gasteiger partial charge is 0.227 e. The number of carbonyl (C=O) groups excluding carboxylic acids is 4. The summed E-state index contributed by atoms with van der Waals surface area (Å²) in [7, 11) is 0. The molecule has 0 bridgehead atoms. The topological polar surface area (TPSA) is 100 Å². The Morgan fingerprint density at radius 2 is 1.80 bits per heavy atom. The second kappa shape index (κ2) is 8.91. The van der Waals surface area contributed by atoms with Gasteiger partial charge in [0, 0.05) is 44.9 Å². The first kappa shape index (κ1) is 20.5. The molecule has 0 N–H and O–H groups in total. The highest BCUT2D eigenvalue weighted by atomic mass is 16.5. The third-order valence-electron chi connectivity index (χ3n) is 6.06. The zero-order chi connectivity index (χ0) is 21.1. The van der Waals surface area contributed by atoms with E-state index in [0.29, 0.717) is 39.3 Å². The summed E-state index contributed by atoms with van der Waals surface area (Å²) in [6.07, 6.45) is 4.27. The van der Waals surface area contributed by atoms with Gasteiger partial charge in [0.25, 0.3) is 0 Å². The number of hydrogen-bond acceptors (Lipinski definition) is 6. The number of hydrogen-bond donors (Lipinski definition) is 0. The van der Waals surface area contributed by atoms with Gasteiger partial charge < -0.3 is 19.4 Å². The average molecular weight is 414 g/mol. The summed E-state index contributed by atoms with van der Waals surface area (Å²) in [6, 6.07) is 2.74. The minimum absolute atomic E-state index is 0.0327. The fourth-order valence-corrected chi connectivity index (χ4v) is 4.53. The molecule has 3 amide bonds. The van der Waals surface area contributed by atoms with Crippen LogP contribution in [0.5, 0.6) is 0 Å². The Labute approximate surface area is 175 Å². The highest BCUT2D eigenvalue weighted by Gasteiger charge is 2.51. The van der Waals surface area contributed by atoms with Crippen LogP contribution >= 0.6 is 0 Å². The van der Waals surface area contributed by atoms with Crippen LogP contribution in [0.1, 0.15) is 24.8 Å². The van der Waals surface area contributed by atoms with Crippen LogP contribution in [0.3, 0.4) is 0 Å². The number of rotatable bonds is 5. The number of Topliss-reactive ketones (excluding diaryl/α,β-unsaturated/α-hetero) is 1. The summed E-state index contributed by atoms with van der Waals surface area (Å²) in [5.41, 5.74) is 0.797. The molecule has 3 saturated heterocycles. The zero-order valence-electron chi connectivity index (χ0n) is 16.9. The van der Waals surface area contributed by atoms with Gasteiger partial charge in [-0.25, -0.2) is 0 Å².